The van der Waals surface area contributed by atoms with Crippen LogP contribution in [0.15, 0.2) is 22.4 Å². The van der Waals surface area contributed by atoms with Crippen LogP contribution >= 0.6 is 23.1 Å². The molecule has 0 nitrogen and oxygen atoms in total. The molecule has 0 aliphatic heterocycles. The second-order valence-electron chi connectivity index (χ2n) is 2.57. The van der Waals surface area contributed by atoms with Gasteiger partial charge >= 0.3 is 0 Å². The molecule has 0 aliphatic carbocycles. The second kappa shape index (κ2) is 3.27. The minimum atomic E-state index is -0.338. The fourth-order valence-corrected chi connectivity index (χ4v) is 2.42. The van der Waals surface area contributed by atoms with Crippen molar-refractivity contribution in [3.63, 3.8) is 0 Å². The predicted molar refractivity (Wildman–Crippen MR) is 53.5 cm³/mol. The van der Waals surface area contributed by atoms with Crippen LogP contribution in [0.1, 0.15) is 0 Å². The first-order valence-corrected chi connectivity index (χ1v) is 5.73. The van der Waals surface area contributed by atoms with E-state index in [-0.39, 0.29) is 11.6 Å². The van der Waals surface area contributed by atoms with E-state index in [0.717, 1.165) is 16.2 Å². The van der Waals surface area contributed by atoms with E-state index in [1.54, 1.807) is 6.07 Å². The van der Waals surface area contributed by atoms with Crippen LogP contribution in [-0.4, -0.2) is 6.26 Å². The van der Waals surface area contributed by atoms with Gasteiger partial charge in [-0.15, -0.1) is 23.1 Å². The fraction of sp³-hybridized carbons (Fsp3) is 0.111. The Bertz CT molecular complexity index is 448. The van der Waals surface area contributed by atoms with Crippen molar-refractivity contribution in [1.29, 1.82) is 0 Å². The summed E-state index contributed by atoms with van der Waals surface area (Å²) in [6.45, 7) is 0. The van der Waals surface area contributed by atoms with Crippen LogP contribution in [-0.2, 0) is 0 Å². The number of thioether (sulfide) groups is 1. The Balaban J connectivity index is 2.80. The zero-order chi connectivity index (χ0) is 9.42. The quantitative estimate of drug-likeness (QED) is 0.651. The average molecular weight is 216 g/mol. The van der Waals surface area contributed by atoms with Gasteiger partial charge in [0.2, 0.25) is 0 Å². The topological polar surface area (TPSA) is 0 Å². The van der Waals surface area contributed by atoms with Gasteiger partial charge in [-0.05, 0) is 18.4 Å². The summed E-state index contributed by atoms with van der Waals surface area (Å²) in [5.74, 6) is -0.675. The predicted octanol–water partition coefficient (Wildman–Crippen LogP) is 3.90. The third kappa shape index (κ3) is 1.44. The molecule has 0 bridgehead atoms. The van der Waals surface area contributed by atoms with E-state index in [1.165, 1.54) is 23.2 Å². The SMILES string of the molecule is CSc1cc(F)c2scc(F)c2c1. The molecule has 4 heteroatoms. The first-order valence-electron chi connectivity index (χ1n) is 3.62. The summed E-state index contributed by atoms with van der Waals surface area (Å²) < 4.78 is 26.8. The van der Waals surface area contributed by atoms with Crippen molar-refractivity contribution < 1.29 is 8.78 Å². The lowest BCUT2D eigenvalue weighted by atomic mass is 10.2. The Hall–Kier alpha value is -0.610. The Labute approximate surface area is 82.6 Å². The van der Waals surface area contributed by atoms with E-state index in [4.69, 9.17) is 0 Å². The summed E-state index contributed by atoms with van der Waals surface area (Å²) >= 11 is 2.51. The number of fused-ring (bicyclic) bond motifs is 1. The third-order valence-corrected chi connectivity index (χ3v) is 3.47. The van der Waals surface area contributed by atoms with Gasteiger partial charge < -0.3 is 0 Å². The number of rotatable bonds is 1. The van der Waals surface area contributed by atoms with Gasteiger partial charge in [-0.25, -0.2) is 8.78 Å². The van der Waals surface area contributed by atoms with Crippen LogP contribution in [0.2, 0.25) is 0 Å². The monoisotopic (exact) mass is 216 g/mol. The van der Waals surface area contributed by atoms with Crippen LogP contribution < -0.4 is 0 Å². The molecule has 68 valence electrons. The van der Waals surface area contributed by atoms with Gasteiger partial charge in [0.15, 0.2) is 0 Å². The van der Waals surface area contributed by atoms with Crippen LogP contribution in [0, 0.1) is 11.6 Å². The Morgan fingerprint density at radius 2 is 2.00 bits per heavy atom. The van der Waals surface area contributed by atoms with Gasteiger partial charge in [-0.3, -0.25) is 0 Å². The van der Waals surface area contributed by atoms with Crippen molar-refractivity contribution in [1.82, 2.24) is 0 Å². The molecule has 0 saturated heterocycles. The smallest absolute Gasteiger partial charge is 0.142 e. The summed E-state index contributed by atoms with van der Waals surface area (Å²) in [5.41, 5.74) is 0. The highest BCUT2D eigenvalue weighted by Gasteiger charge is 2.09. The lowest BCUT2D eigenvalue weighted by molar-refractivity contribution is 0.632. The molecule has 2 aromatic rings. The van der Waals surface area contributed by atoms with Crippen molar-refractivity contribution in [2.75, 3.05) is 6.26 Å². The molecule has 2 rings (SSSR count). The summed E-state index contributed by atoms with van der Waals surface area (Å²) in [5, 5.41) is 1.71. The lowest BCUT2D eigenvalue weighted by Gasteiger charge is -1.97. The van der Waals surface area contributed by atoms with Crippen molar-refractivity contribution in [3.8, 4) is 0 Å². The van der Waals surface area contributed by atoms with Gasteiger partial charge in [-0.2, -0.15) is 0 Å². The van der Waals surface area contributed by atoms with E-state index in [0.29, 0.717) is 10.1 Å². The van der Waals surface area contributed by atoms with Crippen molar-refractivity contribution >= 4 is 33.2 Å². The maximum absolute atomic E-state index is 13.3. The van der Waals surface area contributed by atoms with Crippen molar-refractivity contribution in [2.45, 2.75) is 4.90 Å². The molecule has 0 radical (unpaired) electrons. The van der Waals surface area contributed by atoms with Gasteiger partial charge in [0.1, 0.15) is 11.6 Å². The van der Waals surface area contributed by atoms with Crippen LogP contribution in [0.25, 0.3) is 10.1 Å². The number of halogens is 2. The number of thiophene rings is 1. The molecule has 0 N–H and O–H groups in total. The maximum atomic E-state index is 13.3. The first kappa shape index (κ1) is 8.97. The Morgan fingerprint density at radius 1 is 1.23 bits per heavy atom. The van der Waals surface area contributed by atoms with E-state index in [9.17, 15) is 8.78 Å². The highest BCUT2D eigenvalue weighted by Crippen LogP contribution is 2.31. The molecule has 0 unspecified atom stereocenters. The molecule has 0 atom stereocenters. The van der Waals surface area contributed by atoms with Crippen molar-refractivity contribution in [2.24, 2.45) is 0 Å². The minimum Gasteiger partial charge on any atom is -0.205 e. The van der Waals surface area contributed by atoms with E-state index in [2.05, 4.69) is 0 Å². The highest BCUT2D eigenvalue weighted by molar-refractivity contribution is 7.98. The van der Waals surface area contributed by atoms with Crippen LogP contribution in [0.4, 0.5) is 8.78 Å². The fourth-order valence-electron chi connectivity index (χ4n) is 1.16. The molecular weight excluding hydrogens is 210 g/mol. The van der Waals surface area contributed by atoms with Gasteiger partial charge in [0.05, 0.1) is 4.70 Å². The summed E-state index contributed by atoms with van der Waals surface area (Å²) in [4.78, 5) is 0.752. The van der Waals surface area contributed by atoms with E-state index < -0.39 is 0 Å². The first-order chi connectivity index (χ1) is 6.22. The Morgan fingerprint density at radius 3 is 2.69 bits per heavy atom. The number of hydrogen-bond acceptors (Lipinski definition) is 2. The number of benzene rings is 1. The molecule has 1 aromatic heterocycles. The second-order valence-corrected chi connectivity index (χ2v) is 4.33. The molecule has 0 spiro atoms. The molecule has 0 saturated carbocycles. The van der Waals surface area contributed by atoms with Crippen LogP contribution in [0.5, 0.6) is 0 Å². The maximum Gasteiger partial charge on any atom is 0.142 e. The van der Waals surface area contributed by atoms with Crippen LogP contribution in [0.3, 0.4) is 0 Å². The normalized spacial score (nSPS) is 11.0. The minimum absolute atomic E-state index is 0.337. The zero-order valence-corrected chi connectivity index (χ0v) is 8.44. The van der Waals surface area contributed by atoms with Gasteiger partial charge in [-0.1, -0.05) is 0 Å². The molecule has 13 heavy (non-hydrogen) atoms. The van der Waals surface area contributed by atoms with Gasteiger partial charge in [0.25, 0.3) is 0 Å². The van der Waals surface area contributed by atoms with E-state index >= 15 is 0 Å². The lowest BCUT2D eigenvalue weighted by Crippen LogP contribution is -1.78. The molecule has 1 aromatic carbocycles. The average Bonchev–Trinajstić information content (AvgIpc) is 2.48. The molecule has 0 amide bonds. The standard InChI is InChI=1S/C9H6F2S2/c1-12-5-2-6-8(11)4-13-9(6)7(10)3-5/h2-4H,1H3. The number of hydrogen-bond donors (Lipinski definition) is 0. The Kier molecular flexibility index (Phi) is 2.26. The molecular formula is C9H6F2S2. The zero-order valence-electron chi connectivity index (χ0n) is 6.80. The summed E-state index contributed by atoms with van der Waals surface area (Å²) in [6.07, 6.45) is 1.84. The largest absolute Gasteiger partial charge is 0.205 e. The molecule has 1 heterocycles. The van der Waals surface area contributed by atoms with Crippen molar-refractivity contribution in [3.05, 3.63) is 29.1 Å². The molecule has 0 fully saturated rings. The highest BCUT2D eigenvalue weighted by atomic mass is 32.2. The third-order valence-electron chi connectivity index (χ3n) is 1.79. The van der Waals surface area contributed by atoms with Gasteiger partial charge in [0, 0.05) is 15.7 Å². The summed E-state index contributed by atoms with van der Waals surface area (Å²) in [7, 11) is 0. The summed E-state index contributed by atoms with van der Waals surface area (Å²) in [6, 6.07) is 3.11. The van der Waals surface area contributed by atoms with E-state index in [1.807, 2.05) is 6.26 Å². The molecule has 0 aliphatic rings.